The molecule has 314 valence electrons. The van der Waals surface area contributed by atoms with E-state index in [2.05, 4.69) is 54.5 Å². The van der Waals surface area contributed by atoms with Crippen molar-refractivity contribution in [1.82, 2.24) is 5.32 Å². The monoisotopic (exact) mass is 846 g/mol. The van der Waals surface area contributed by atoms with Crippen molar-refractivity contribution in [2.24, 2.45) is 22.7 Å². The number of aliphatic imine (C=N–C) groups is 1. The van der Waals surface area contributed by atoms with Crippen LogP contribution < -0.4 is 14.8 Å². The number of hydrogen-bond acceptors (Lipinski definition) is 14. The van der Waals surface area contributed by atoms with Crippen LogP contribution in [0.1, 0.15) is 42.5 Å². The number of aliphatic carboxylic acids is 1. The third kappa shape index (κ3) is 9.22. The summed E-state index contributed by atoms with van der Waals surface area (Å²) in [4.78, 5) is 16.9. The molecule has 3 aromatic rings. The number of hydrogen-bond donors (Lipinski definition) is 7. The standard InChI is InChI=1S/C44H50N2O11S2/c1-3-26-8-4-5-9-27(26)10-6-7-25(2)33-21-46-42(52)44(53)40(55-24-59-58-23-35(33)29-17-18-45-20-29)38(49)39(41(50)51)57-43(44)56-31-15-16-32-36(19-31)54-22-34(37(32)48)28-11-13-30(47)14-12-28/h4-6,8-17,19-20,25,33,35,38-40,42-43,46-49,52-53H,3,7,18,21-24H2,1-2H3,(H,50,51). The maximum atomic E-state index is 12.6. The number of rotatable bonds is 10. The van der Waals surface area contributed by atoms with Crippen LogP contribution in [-0.2, 0) is 20.7 Å². The fourth-order valence-electron chi connectivity index (χ4n) is 8.10. The van der Waals surface area contributed by atoms with Gasteiger partial charge in [-0.15, -0.1) is 0 Å². The number of aryl methyl sites for hydroxylation is 1. The van der Waals surface area contributed by atoms with Gasteiger partial charge in [-0.3, -0.25) is 10.3 Å². The highest BCUT2D eigenvalue weighted by Crippen LogP contribution is 2.43. The Kier molecular flexibility index (Phi) is 13.7. The second kappa shape index (κ2) is 18.9. The first kappa shape index (κ1) is 42.8. The molecule has 4 aliphatic heterocycles. The zero-order valence-electron chi connectivity index (χ0n) is 32.7. The van der Waals surface area contributed by atoms with Crippen LogP contribution in [0.2, 0.25) is 0 Å². The quantitative estimate of drug-likeness (QED) is 0.123. The van der Waals surface area contributed by atoms with Crippen LogP contribution in [0, 0.1) is 17.8 Å². The van der Waals surface area contributed by atoms with E-state index >= 15 is 0 Å². The van der Waals surface area contributed by atoms with Gasteiger partial charge in [0.1, 0.15) is 54.0 Å². The van der Waals surface area contributed by atoms with Gasteiger partial charge in [-0.2, -0.15) is 0 Å². The normalized spacial score (nSPS) is 29.4. The summed E-state index contributed by atoms with van der Waals surface area (Å²) in [6.45, 7) is 5.08. The first-order chi connectivity index (χ1) is 28.5. The number of nitrogens with zero attached hydrogens (tertiary/aromatic N) is 1. The maximum absolute atomic E-state index is 12.6. The molecule has 13 nitrogen and oxygen atoms in total. The molecule has 2 fully saturated rings. The minimum Gasteiger partial charge on any atom is -0.508 e. The predicted molar refractivity (Wildman–Crippen MR) is 228 cm³/mol. The summed E-state index contributed by atoms with van der Waals surface area (Å²) < 4.78 is 24.0. The van der Waals surface area contributed by atoms with Crippen LogP contribution in [0.5, 0.6) is 17.2 Å². The van der Waals surface area contributed by atoms with E-state index in [0.717, 1.165) is 24.0 Å². The third-order valence-electron chi connectivity index (χ3n) is 11.5. The van der Waals surface area contributed by atoms with Gasteiger partial charge in [0.15, 0.2) is 11.7 Å². The second-order valence-electron chi connectivity index (χ2n) is 15.1. The molecule has 2 saturated heterocycles. The number of carboxylic acid groups (broad SMARTS) is 1. The Morgan fingerprint density at radius 2 is 1.90 bits per heavy atom. The van der Waals surface area contributed by atoms with Crippen molar-refractivity contribution < 1.29 is 54.4 Å². The largest absolute Gasteiger partial charge is 0.508 e. The molecule has 0 bridgehead atoms. The van der Waals surface area contributed by atoms with Crippen molar-refractivity contribution >= 4 is 51.2 Å². The molecule has 0 aliphatic carbocycles. The first-order valence-electron chi connectivity index (χ1n) is 19.6. The van der Waals surface area contributed by atoms with Gasteiger partial charge >= 0.3 is 5.97 Å². The summed E-state index contributed by atoms with van der Waals surface area (Å²) in [5.41, 5.74) is 2.45. The number of carboxylic acids is 1. The Balaban J connectivity index is 1.18. The van der Waals surface area contributed by atoms with E-state index in [1.165, 1.54) is 46.7 Å². The van der Waals surface area contributed by atoms with Crippen LogP contribution in [0.3, 0.4) is 0 Å². The van der Waals surface area contributed by atoms with Crippen molar-refractivity contribution in [2.45, 2.75) is 63.1 Å². The molecule has 15 heteroatoms. The summed E-state index contributed by atoms with van der Waals surface area (Å²) in [5, 5.41) is 70.2. The zero-order chi connectivity index (χ0) is 41.7. The molecule has 3 aromatic carbocycles. The van der Waals surface area contributed by atoms with Crippen LogP contribution in [0.4, 0.5) is 0 Å². The van der Waals surface area contributed by atoms with Crippen LogP contribution >= 0.6 is 21.6 Å². The molecule has 0 radical (unpaired) electrons. The van der Waals surface area contributed by atoms with E-state index in [0.29, 0.717) is 29.0 Å². The Labute approximate surface area is 350 Å². The number of allylic oxidation sites excluding steroid dienone is 2. The van der Waals surface area contributed by atoms with Gasteiger partial charge in [-0.05, 0) is 77.1 Å². The van der Waals surface area contributed by atoms with Crippen molar-refractivity contribution in [3.05, 3.63) is 107 Å². The van der Waals surface area contributed by atoms with Gasteiger partial charge < -0.3 is 49.6 Å². The highest BCUT2D eigenvalue weighted by Gasteiger charge is 2.63. The SMILES string of the molecule is CCc1ccccc1C=CCC(C)C1CNC(O)C2(O)C(Oc3ccc4c(c3)OCC(c3ccc(O)cc3)=C4O)OC(C(=O)O)C(O)C2OCSSCC1C1=CCN=C1. The van der Waals surface area contributed by atoms with E-state index in [9.17, 15) is 35.4 Å². The number of phenolic OH excluding ortho intramolecular Hbond substituents is 1. The molecule has 4 aliphatic rings. The molecule has 0 aromatic heterocycles. The van der Waals surface area contributed by atoms with Crippen molar-refractivity contribution in [2.75, 3.05) is 31.4 Å². The lowest BCUT2D eigenvalue weighted by Gasteiger charge is -2.50. The fraction of sp³-hybridized carbons (Fsp3) is 0.409. The van der Waals surface area contributed by atoms with E-state index < -0.39 is 42.4 Å². The molecular weight excluding hydrogens is 797 g/mol. The second-order valence-corrected chi connectivity index (χ2v) is 17.6. The van der Waals surface area contributed by atoms with E-state index in [-0.39, 0.29) is 59.9 Å². The fourth-order valence-corrected chi connectivity index (χ4v) is 10.2. The number of ether oxygens (including phenoxy) is 4. The number of benzene rings is 3. The van der Waals surface area contributed by atoms with Gasteiger partial charge in [0.05, 0.1) is 12.1 Å². The van der Waals surface area contributed by atoms with Crippen LogP contribution in [-0.4, -0.2) is 111 Å². The lowest BCUT2D eigenvalue weighted by molar-refractivity contribution is -0.342. The average molecular weight is 847 g/mol. The van der Waals surface area contributed by atoms with Gasteiger partial charge in [-0.25, -0.2) is 4.79 Å². The number of carbonyl (C=O) groups is 1. The zero-order valence-corrected chi connectivity index (χ0v) is 34.4. The Bertz CT molecular complexity index is 2090. The van der Waals surface area contributed by atoms with E-state index in [1.54, 1.807) is 22.9 Å². The number of aliphatic hydroxyl groups excluding tert-OH is 3. The van der Waals surface area contributed by atoms with Gasteiger partial charge in [0.25, 0.3) is 0 Å². The maximum Gasteiger partial charge on any atom is 0.335 e. The summed E-state index contributed by atoms with van der Waals surface area (Å²) in [5.74, 6) is -0.548. The molecule has 0 spiro atoms. The molecule has 9 unspecified atom stereocenters. The third-order valence-corrected chi connectivity index (χ3v) is 13.6. The highest BCUT2D eigenvalue weighted by atomic mass is 33.1. The smallest absolute Gasteiger partial charge is 0.335 e. The number of fused-ring (bicyclic) bond motifs is 2. The van der Waals surface area contributed by atoms with Crippen LogP contribution in [0.15, 0.2) is 89.4 Å². The minimum atomic E-state index is -2.55. The van der Waals surface area contributed by atoms with Gasteiger partial charge in [-0.1, -0.05) is 90.1 Å². The van der Waals surface area contributed by atoms with E-state index in [1.807, 2.05) is 18.3 Å². The Morgan fingerprint density at radius 1 is 1.10 bits per heavy atom. The molecule has 4 heterocycles. The van der Waals surface area contributed by atoms with Crippen molar-refractivity contribution in [3.63, 3.8) is 0 Å². The molecule has 7 rings (SSSR count). The molecule has 9 atom stereocenters. The molecule has 59 heavy (non-hydrogen) atoms. The topological polar surface area (TPSA) is 200 Å². The molecule has 0 amide bonds. The van der Waals surface area contributed by atoms with Crippen molar-refractivity contribution in [1.29, 1.82) is 0 Å². The summed E-state index contributed by atoms with van der Waals surface area (Å²) in [7, 11) is 2.91. The van der Waals surface area contributed by atoms with Gasteiger partial charge in [0, 0.05) is 30.2 Å². The van der Waals surface area contributed by atoms with Gasteiger partial charge in [0.2, 0.25) is 6.29 Å². The predicted octanol–water partition coefficient (Wildman–Crippen LogP) is 5.68. The summed E-state index contributed by atoms with van der Waals surface area (Å²) >= 11 is 0. The average Bonchev–Trinajstić information content (AvgIpc) is 3.77. The lowest BCUT2D eigenvalue weighted by atomic mass is 9.77. The summed E-state index contributed by atoms with van der Waals surface area (Å²) in [6, 6.07) is 19.1. The Hall–Kier alpha value is -4.32. The number of phenols is 1. The lowest BCUT2D eigenvalue weighted by Crippen LogP contribution is -2.75. The highest BCUT2D eigenvalue weighted by molar-refractivity contribution is 8.76. The first-order valence-corrected chi connectivity index (χ1v) is 22.1. The Morgan fingerprint density at radius 3 is 2.64 bits per heavy atom. The summed E-state index contributed by atoms with van der Waals surface area (Å²) in [6.07, 6.45) is 0.794. The minimum absolute atomic E-state index is 0.0103. The molecule has 0 saturated carbocycles. The molecular formula is C44H50N2O11S2. The number of aromatic hydroxyl groups is 1. The number of nitrogens with one attached hydrogen (secondary N) is 1. The van der Waals surface area contributed by atoms with Crippen LogP contribution in [0.25, 0.3) is 17.4 Å². The number of aliphatic hydroxyl groups is 4. The van der Waals surface area contributed by atoms with E-state index in [4.69, 9.17) is 18.9 Å². The van der Waals surface area contributed by atoms with Crippen molar-refractivity contribution in [3.8, 4) is 17.2 Å². The molecule has 7 N–H and O–H groups in total.